The number of carbonyl (C=O) groups excluding carboxylic acids is 2. The predicted molar refractivity (Wildman–Crippen MR) is 155 cm³/mol. The topological polar surface area (TPSA) is 55.4 Å². The Morgan fingerprint density at radius 2 is 1.82 bits per heavy atom. The van der Waals surface area contributed by atoms with E-state index in [0.717, 1.165) is 47.7 Å². The van der Waals surface area contributed by atoms with Crippen LogP contribution in [0.25, 0.3) is 0 Å². The van der Waals surface area contributed by atoms with Crippen LogP contribution in [0.15, 0.2) is 12.1 Å². The number of Topliss-reactive ketones (excluding diaryl/α,β-unsaturated/α-hetero) is 1. The van der Waals surface area contributed by atoms with E-state index in [0.29, 0.717) is 53.8 Å². The van der Waals surface area contributed by atoms with Crippen LogP contribution in [0.2, 0.25) is 4.34 Å². The molecule has 1 N–H and O–H groups in total. The SMILES string of the molecule is CO[C@@H]1CCC2(C)C(CC(=O)C3[C@@H]2CCC2(C)C([C@H](C)CC(=O)NC(c4ccc(Cl)s4)C(C)C)CC[C@@H]32)C1. The van der Waals surface area contributed by atoms with Crippen molar-refractivity contribution in [1.29, 1.82) is 0 Å². The summed E-state index contributed by atoms with van der Waals surface area (Å²) in [6.07, 6.45) is 9.64. The lowest BCUT2D eigenvalue weighted by molar-refractivity contribution is -0.162. The van der Waals surface area contributed by atoms with E-state index in [1.807, 2.05) is 19.2 Å². The fraction of sp³-hybridized carbons (Fsp3) is 0.812. The fourth-order valence-electron chi connectivity index (χ4n) is 9.81. The molecule has 6 heteroatoms. The quantitative estimate of drug-likeness (QED) is 0.366. The number of hydrogen-bond acceptors (Lipinski definition) is 4. The highest BCUT2D eigenvalue weighted by molar-refractivity contribution is 7.16. The van der Waals surface area contributed by atoms with Crippen molar-refractivity contribution in [2.24, 2.45) is 52.3 Å². The summed E-state index contributed by atoms with van der Waals surface area (Å²) in [5, 5.41) is 3.33. The van der Waals surface area contributed by atoms with Crippen LogP contribution < -0.4 is 5.32 Å². The number of ketones is 1. The first-order valence-electron chi connectivity index (χ1n) is 15.1. The second-order valence-electron chi connectivity index (χ2n) is 14.1. The molecule has 4 saturated carbocycles. The van der Waals surface area contributed by atoms with E-state index in [2.05, 4.69) is 39.9 Å². The first kappa shape index (κ1) is 28.6. The molecule has 212 valence electrons. The second kappa shape index (κ2) is 10.8. The normalized spacial score (nSPS) is 40.3. The molecule has 4 aliphatic carbocycles. The van der Waals surface area contributed by atoms with Gasteiger partial charge in [-0.25, -0.2) is 0 Å². The van der Waals surface area contributed by atoms with Gasteiger partial charge in [-0.2, -0.15) is 0 Å². The van der Waals surface area contributed by atoms with Gasteiger partial charge in [-0.3, -0.25) is 9.59 Å². The summed E-state index contributed by atoms with van der Waals surface area (Å²) in [5.74, 6) is 3.46. The number of ether oxygens (including phenoxy) is 1. The van der Waals surface area contributed by atoms with E-state index in [4.69, 9.17) is 16.3 Å². The Bertz CT molecular complexity index is 1040. The van der Waals surface area contributed by atoms with E-state index in [-0.39, 0.29) is 28.7 Å². The standard InChI is InChI=1S/C32H48ClNO3S/c1-18(2)30(26-9-10-27(33)38-26)34-28(36)15-19(3)22-7-8-23-29-24(12-14-32(22,23)5)31(4)13-11-21(37-6)16-20(31)17-25(29)35/h9-10,18-24,29-30H,7-8,11-17H2,1-6H3,(H,34,36)/t19-,20?,21-,22?,23+,24+,29?,30?,31?,32?/m1/s1. The van der Waals surface area contributed by atoms with Crippen molar-refractivity contribution in [3.05, 3.63) is 21.3 Å². The molecule has 0 aromatic carbocycles. The lowest BCUT2D eigenvalue weighted by Gasteiger charge is -2.60. The zero-order valence-corrected chi connectivity index (χ0v) is 25.8. The average molecular weight is 562 g/mol. The monoisotopic (exact) mass is 561 g/mol. The summed E-state index contributed by atoms with van der Waals surface area (Å²) in [6.45, 7) is 11.5. The number of thiophene rings is 1. The number of carbonyl (C=O) groups is 2. The van der Waals surface area contributed by atoms with Crippen LogP contribution in [0.3, 0.4) is 0 Å². The van der Waals surface area contributed by atoms with Crippen molar-refractivity contribution < 1.29 is 14.3 Å². The first-order valence-corrected chi connectivity index (χ1v) is 16.3. The molecular weight excluding hydrogens is 514 g/mol. The average Bonchev–Trinajstić information content (AvgIpc) is 3.45. The molecule has 1 aromatic heterocycles. The highest BCUT2D eigenvalue weighted by Crippen LogP contribution is 2.67. The second-order valence-corrected chi connectivity index (χ2v) is 15.8. The van der Waals surface area contributed by atoms with Crippen LogP contribution >= 0.6 is 22.9 Å². The highest BCUT2D eigenvalue weighted by atomic mass is 35.5. The minimum atomic E-state index is -0.00342. The van der Waals surface area contributed by atoms with Gasteiger partial charge >= 0.3 is 0 Å². The Balaban J connectivity index is 1.27. The minimum Gasteiger partial charge on any atom is -0.381 e. The molecular formula is C32H48ClNO3S. The highest BCUT2D eigenvalue weighted by Gasteiger charge is 2.63. The van der Waals surface area contributed by atoms with Crippen LogP contribution in [-0.2, 0) is 14.3 Å². The maximum Gasteiger partial charge on any atom is 0.220 e. The minimum absolute atomic E-state index is 0.00342. The van der Waals surface area contributed by atoms with E-state index >= 15 is 0 Å². The summed E-state index contributed by atoms with van der Waals surface area (Å²) in [7, 11) is 1.83. The summed E-state index contributed by atoms with van der Waals surface area (Å²) in [6, 6.07) is 3.95. The van der Waals surface area contributed by atoms with Gasteiger partial charge in [-0.1, -0.05) is 46.2 Å². The molecule has 0 spiro atoms. The lowest BCUT2D eigenvalue weighted by atomic mass is 9.44. The Kier molecular flexibility index (Phi) is 8.15. The molecule has 4 nitrogen and oxygen atoms in total. The van der Waals surface area contributed by atoms with Crippen molar-refractivity contribution >= 4 is 34.6 Å². The van der Waals surface area contributed by atoms with E-state index < -0.39 is 0 Å². The van der Waals surface area contributed by atoms with Crippen molar-refractivity contribution in [2.75, 3.05) is 7.11 Å². The summed E-state index contributed by atoms with van der Waals surface area (Å²) in [4.78, 5) is 28.2. The number of hydrogen-bond donors (Lipinski definition) is 1. The Labute approximate surface area is 239 Å². The molecule has 4 fully saturated rings. The van der Waals surface area contributed by atoms with Gasteiger partial charge in [-0.15, -0.1) is 11.3 Å². The Morgan fingerprint density at radius 3 is 2.47 bits per heavy atom. The van der Waals surface area contributed by atoms with Crippen LogP contribution in [0.1, 0.15) is 103 Å². The summed E-state index contributed by atoms with van der Waals surface area (Å²) >= 11 is 7.75. The number of fused-ring (bicyclic) bond motifs is 5. The third-order valence-electron chi connectivity index (χ3n) is 11.9. The van der Waals surface area contributed by atoms with Gasteiger partial charge in [0, 0.05) is 30.7 Å². The molecule has 0 saturated heterocycles. The maximum atomic E-state index is 13.8. The van der Waals surface area contributed by atoms with Crippen LogP contribution in [0.4, 0.5) is 0 Å². The van der Waals surface area contributed by atoms with Gasteiger partial charge in [0.15, 0.2) is 0 Å². The third kappa shape index (κ3) is 4.91. The Morgan fingerprint density at radius 1 is 1.11 bits per heavy atom. The lowest BCUT2D eigenvalue weighted by Crippen LogP contribution is -2.57. The number of halogens is 1. The predicted octanol–water partition coefficient (Wildman–Crippen LogP) is 8.09. The van der Waals surface area contributed by atoms with E-state index in [9.17, 15) is 9.59 Å². The zero-order chi connectivity index (χ0) is 27.4. The maximum absolute atomic E-state index is 13.8. The van der Waals surface area contributed by atoms with Gasteiger partial charge in [-0.05, 0) is 103 Å². The zero-order valence-electron chi connectivity index (χ0n) is 24.2. The number of methoxy groups -OCH3 is 1. The molecule has 1 heterocycles. The number of nitrogens with one attached hydrogen (secondary N) is 1. The van der Waals surface area contributed by atoms with Crippen molar-refractivity contribution in [2.45, 2.75) is 105 Å². The fourth-order valence-corrected chi connectivity index (χ4v) is 11.1. The molecule has 0 bridgehead atoms. The molecule has 0 aliphatic heterocycles. The van der Waals surface area contributed by atoms with Crippen molar-refractivity contribution in [3.8, 4) is 0 Å². The summed E-state index contributed by atoms with van der Waals surface area (Å²) < 4.78 is 6.49. The first-order chi connectivity index (χ1) is 18.0. The summed E-state index contributed by atoms with van der Waals surface area (Å²) in [5.41, 5.74) is 0.428. The molecule has 6 unspecified atom stereocenters. The molecule has 5 rings (SSSR count). The largest absolute Gasteiger partial charge is 0.381 e. The van der Waals surface area contributed by atoms with Gasteiger partial charge in [0.2, 0.25) is 5.91 Å². The molecule has 4 aliphatic rings. The van der Waals surface area contributed by atoms with E-state index in [1.54, 1.807) is 11.3 Å². The smallest absolute Gasteiger partial charge is 0.220 e. The molecule has 10 atom stereocenters. The number of amides is 1. The molecule has 38 heavy (non-hydrogen) atoms. The van der Waals surface area contributed by atoms with Gasteiger partial charge in [0.1, 0.15) is 5.78 Å². The molecule has 1 aromatic rings. The third-order valence-corrected chi connectivity index (χ3v) is 13.2. The van der Waals surface area contributed by atoms with Crippen LogP contribution in [-0.4, -0.2) is 24.9 Å². The van der Waals surface area contributed by atoms with Gasteiger partial charge in [0.05, 0.1) is 16.5 Å². The molecule has 1 amide bonds. The number of rotatable bonds is 7. The van der Waals surface area contributed by atoms with Crippen molar-refractivity contribution in [3.63, 3.8) is 0 Å². The van der Waals surface area contributed by atoms with Crippen molar-refractivity contribution in [1.82, 2.24) is 5.32 Å². The van der Waals surface area contributed by atoms with Gasteiger partial charge in [0.25, 0.3) is 0 Å². The Hall–Kier alpha value is -0.910. The van der Waals surface area contributed by atoms with Crippen LogP contribution in [0.5, 0.6) is 0 Å². The van der Waals surface area contributed by atoms with Gasteiger partial charge < -0.3 is 10.1 Å². The van der Waals surface area contributed by atoms with E-state index in [1.165, 1.54) is 12.8 Å². The van der Waals surface area contributed by atoms with Crippen LogP contribution in [0, 0.1) is 52.3 Å². The molecule has 0 radical (unpaired) electrons.